The Kier molecular flexibility index (Phi) is 6.14. The highest BCUT2D eigenvalue weighted by Gasteiger charge is 2.32. The van der Waals surface area contributed by atoms with Crippen molar-refractivity contribution in [3.63, 3.8) is 0 Å². The SMILES string of the molecule is CCN(CCn1c(C)nc2c(N)nc(C)c(C)c21)C(=O)N(CC)P(=O)(O)O. The van der Waals surface area contributed by atoms with Gasteiger partial charge in [-0.05, 0) is 40.2 Å². The lowest BCUT2D eigenvalue weighted by atomic mass is 10.2. The average molecular weight is 398 g/mol. The summed E-state index contributed by atoms with van der Waals surface area (Å²) in [5.41, 5.74) is 9.25. The fraction of sp³-hybridized carbons (Fsp3) is 0.562. The highest BCUT2D eigenvalue weighted by Crippen LogP contribution is 2.40. The zero-order chi connectivity index (χ0) is 20.5. The van der Waals surface area contributed by atoms with E-state index in [-0.39, 0.29) is 13.1 Å². The van der Waals surface area contributed by atoms with Crippen molar-refractivity contribution in [2.75, 3.05) is 25.4 Å². The Morgan fingerprint density at radius 2 is 1.81 bits per heavy atom. The van der Waals surface area contributed by atoms with Crippen molar-refractivity contribution in [1.82, 2.24) is 24.1 Å². The minimum Gasteiger partial charge on any atom is -0.382 e. The minimum absolute atomic E-state index is 0.0762. The molecule has 0 bridgehead atoms. The second-order valence-corrected chi connectivity index (χ2v) is 7.82. The molecular weight excluding hydrogens is 371 g/mol. The number of nitrogen functional groups attached to an aromatic ring is 1. The quantitative estimate of drug-likeness (QED) is 0.631. The van der Waals surface area contributed by atoms with Gasteiger partial charge in [0.25, 0.3) is 0 Å². The van der Waals surface area contributed by atoms with E-state index in [1.54, 1.807) is 6.92 Å². The summed E-state index contributed by atoms with van der Waals surface area (Å²) < 4.78 is 14.1. The molecule has 0 aliphatic carbocycles. The Labute approximate surface area is 158 Å². The monoisotopic (exact) mass is 398 g/mol. The molecule has 0 aromatic carbocycles. The van der Waals surface area contributed by atoms with Crippen LogP contribution >= 0.6 is 7.75 Å². The first kappa shape index (κ1) is 21.1. The van der Waals surface area contributed by atoms with Crippen molar-refractivity contribution in [2.45, 2.75) is 41.2 Å². The molecule has 0 saturated heterocycles. The summed E-state index contributed by atoms with van der Waals surface area (Å²) in [6, 6.07) is -0.690. The lowest BCUT2D eigenvalue weighted by molar-refractivity contribution is 0.168. The molecule has 0 fully saturated rings. The van der Waals surface area contributed by atoms with Gasteiger partial charge in [0.2, 0.25) is 0 Å². The van der Waals surface area contributed by atoms with E-state index in [2.05, 4.69) is 9.97 Å². The van der Waals surface area contributed by atoms with Gasteiger partial charge in [0, 0.05) is 31.9 Å². The van der Waals surface area contributed by atoms with Crippen LogP contribution in [-0.2, 0) is 11.1 Å². The zero-order valence-corrected chi connectivity index (χ0v) is 17.2. The molecule has 150 valence electrons. The molecule has 27 heavy (non-hydrogen) atoms. The number of amides is 2. The third-order valence-corrected chi connectivity index (χ3v) is 5.75. The van der Waals surface area contributed by atoms with E-state index in [0.29, 0.717) is 29.1 Å². The van der Waals surface area contributed by atoms with E-state index in [0.717, 1.165) is 22.6 Å². The topological polar surface area (TPSA) is 138 Å². The van der Waals surface area contributed by atoms with Crippen LogP contribution in [0.2, 0.25) is 0 Å². The summed E-state index contributed by atoms with van der Waals surface area (Å²) in [5, 5.41) is 0. The molecule has 0 unspecified atom stereocenters. The summed E-state index contributed by atoms with van der Waals surface area (Å²) in [6.45, 7) is 9.90. The molecule has 0 saturated carbocycles. The molecule has 0 radical (unpaired) electrons. The number of imidazole rings is 1. The summed E-state index contributed by atoms with van der Waals surface area (Å²) in [4.78, 5) is 41.5. The van der Waals surface area contributed by atoms with Gasteiger partial charge in [0.1, 0.15) is 11.3 Å². The molecule has 11 heteroatoms. The highest BCUT2D eigenvalue weighted by atomic mass is 31.2. The van der Waals surface area contributed by atoms with Crippen LogP contribution in [0, 0.1) is 20.8 Å². The van der Waals surface area contributed by atoms with Gasteiger partial charge in [-0.2, -0.15) is 0 Å². The van der Waals surface area contributed by atoms with E-state index in [9.17, 15) is 19.1 Å². The lowest BCUT2D eigenvalue weighted by Crippen LogP contribution is -2.42. The molecule has 4 N–H and O–H groups in total. The van der Waals surface area contributed by atoms with Crippen molar-refractivity contribution in [3.8, 4) is 0 Å². The first-order valence-corrected chi connectivity index (χ1v) is 10.3. The number of pyridine rings is 1. The molecule has 2 aromatic heterocycles. The molecule has 0 atom stereocenters. The predicted octanol–water partition coefficient (Wildman–Crippen LogP) is 1.80. The molecule has 2 rings (SSSR count). The molecule has 0 aliphatic rings. The number of fused-ring (bicyclic) bond motifs is 1. The molecular formula is C16H27N6O4P. The number of carbonyl (C=O) groups is 1. The third-order valence-electron chi connectivity index (χ3n) is 4.67. The standard InChI is InChI=1S/C16H27N6O4P/c1-6-20(16(23)22(7-2)27(24,25)26)8-9-21-12(5)19-13-14(21)10(3)11(4)18-15(13)17/h6-9H2,1-5H3,(H2,17,18)(H2,24,25,26). The van der Waals surface area contributed by atoms with Gasteiger partial charge in [-0.3, -0.25) is 0 Å². The maximum Gasteiger partial charge on any atom is 0.433 e. The van der Waals surface area contributed by atoms with Crippen LogP contribution in [0.25, 0.3) is 11.0 Å². The molecule has 0 spiro atoms. The van der Waals surface area contributed by atoms with Crippen molar-refractivity contribution in [1.29, 1.82) is 0 Å². The second-order valence-electron chi connectivity index (χ2n) is 6.31. The Hall–Kier alpha value is -2.16. The molecule has 2 heterocycles. The van der Waals surface area contributed by atoms with Crippen LogP contribution < -0.4 is 5.73 Å². The first-order chi connectivity index (χ1) is 12.5. The summed E-state index contributed by atoms with van der Waals surface area (Å²) >= 11 is 0. The number of anilines is 1. The van der Waals surface area contributed by atoms with Crippen LogP contribution in [0.1, 0.15) is 30.9 Å². The fourth-order valence-corrected chi connectivity index (χ4v) is 3.81. The average Bonchev–Trinajstić information content (AvgIpc) is 2.90. The van der Waals surface area contributed by atoms with E-state index < -0.39 is 13.8 Å². The Morgan fingerprint density at radius 3 is 2.33 bits per heavy atom. The van der Waals surface area contributed by atoms with Crippen molar-refractivity contribution in [2.24, 2.45) is 0 Å². The fourth-order valence-electron chi connectivity index (χ4n) is 3.09. The van der Waals surface area contributed by atoms with Gasteiger partial charge in [-0.25, -0.2) is 24.0 Å². The molecule has 2 aromatic rings. The van der Waals surface area contributed by atoms with E-state index in [1.165, 1.54) is 11.8 Å². The largest absolute Gasteiger partial charge is 0.433 e. The number of carbonyl (C=O) groups excluding carboxylic acids is 1. The van der Waals surface area contributed by atoms with Crippen molar-refractivity contribution in [3.05, 3.63) is 17.1 Å². The van der Waals surface area contributed by atoms with Gasteiger partial charge in [0.05, 0.1) is 5.52 Å². The number of nitrogens with zero attached hydrogens (tertiary/aromatic N) is 5. The van der Waals surface area contributed by atoms with Crippen LogP contribution in [0.5, 0.6) is 0 Å². The van der Waals surface area contributed by atoms with E-state index >= 15 is 0 Å². The van der Waals surface area contributed by atoms with Crippen LogP contribution in [0.15, 0.2) is 0 Å². The smallest absolute Gasteiger partial charge is 0.382 e. The Balaban J connectivity index is 2.33. The van der Waals surface area contributed by atoms with Gasteiger partial charge in [-0.15, -0.1) is 0 Å². The molecule has 10 nitrogen and oxygen atoms in total. The van der Waals surface area contributed by atoms with E-state index in [4.69, 9.17) is 5.73 Å². The van der Waals surface area contributed by atoms with Crippen molar-refractivity contribution >= 4 is 30.6 Å². The first-order valence-electron chi connectivity index (χ1n) is 8.74. The zero-order valence-electron chi connectivity index (χ0n) is 16.3. The predicted molar refractivity (Wildman–Crippen MR) is 103 cm³/mol. The second kappa shape index (κ2) is 7.84. The van der Waals surface area contributed by atoms with E-state index in [1.807, 2.05) is 25.3 Å². The van der Waals surface area contributed by atoms with Gasteiger partial charge < -0.3 is 25.0 Å². The normalized spacial score (nSPS) is 11.8. The maximum atomic E-state index is 12.5. The highest BCUT2D eigenvalue weighted by molar-refractivity contribution is 7.49. The number of likely N-dealkylation sites (N-methyl/N-ethyl adjacent to an activating group) is 1. The number of hydrogen-bond donors (Lipinski definition) is 3. The van der Waals surface area contributed by atoms with Crippen molar-refractivity contribution < 1.29 is 19.1 Å². The summed E-state index contributed by atoms with van der Waals surface area (Å²) in [6.07, 6.45) is 0. The van der Waals surface area contributed by atoms with Crippen LogP contribution in [0.3, 0.4) is 0 Å². The molecule has 2 amide bonds. The number of nitrogens with two attached hydrogens (primary N) is 1. The van der Waals surface area contributed by atoms with Crippen LogP contribution in [0.4, 0.5) is 10.6 Å². The molecule has 0 aliphatic heterocycles. The number of hydrogen-bond acceptors (Lipinski definition) is 5. The lowest BCUT2D eigenvalue weighted by Gasteiger charge is -2.29. The Bertz CT molecular complexity index is 906. The summed E-state index contributed by atoms with van der Waals surface area (Å²) in [7, 11) is -4.65. The van der Waals surface area contributed by atoms with Gasteiger partial charge in [-0.1, -0.05) is 0 Å². The number of rotatable bonds is 6. The minimum atomic E-state index is -4.65. The third kappa shape index (κ3) is 4.07. The van der Waals surface area contributed by atoms with Gasteiger partial charge in [0.15, 0.2) is 5.82 Å². The summed E-state index contributed by atoms with van der Waals surface area (Å²) in [5.74, 6) is 1.09. The van der Waals surface area contributed by atoms with Gasteiger partial charge >= 0.3 is 13.8 Å². The number of aromatic nitrogens is 3. The van der Waals surface area contributed by atoms with Crippen LogP contribution in [-0.4, -0.2) is 59.6 Å². The number of urea groups is 1. The number of aryl methyl sites for hydroxylation is 3. The Morgan fingerprint density at radius 1 is 1.19 bits per heavy atom. The maximum absolute atomic E-state index is 12.5.